The minimum atomic E-state index is -1.89. The van der Waals surface area contributed by atoms with Gasteiger partial charge >= 0.3 is 5.97 Å². The second-order valence-electron chi connectivity index (χ2n) is 10.6. The summed E-state index contributed by atoms with van der Waals surface area (Å²) in [4.78, 5) is 16.2. The number of para-hydroxylation sites is 2. The second kappa shape index (κ2) is 9.81. The number of hydrogen-bond donors (Lipinski definition) is 1. The minimum absolute atomic E-state index is 0.175. The highest BCUT2D eigenvalue weighted by molar-refractivity contribution is 5.88. The molecule has 1 heterocycles. The van der Waals surface area contributed by atoms with Crippen LogP contribution in [0, 0.1) is 11.8 Å². The van der Waals surface area contributed by atoms with Crippen LogP contribution in [-0.2, 0) is 15.1 Å². The molecule has 4 atom stereocenters. The third kappa shape index (κ3) is 4.26. The van der Waals surface area contributed by atoms with Crippen LogP contribution >= 0.6 is 0 Å². The van der Waals surface area contributed by atoms with Crippen molar-refractivity contribution in [2.45, 2.75) is 43.4 Å². The zero-order chi connectivity index (χ0) is 25.4. The molecule has 2 bridgehead atoms. The van der Waals surface area contributed by atoms with Crippen LogP contribution in [0.1, 0.15) is 42.4 Å². The Bertz CT molecular complexity index is 1260. The van der Waals surface area contributed by atoms with Gasteiger partial charge in [-0.15, -0.1) is 0 Å². The van der Waals surface area contributed by atoms with Crippen LogP contribution in [0.5, 0.6) is 11.5 Å². The minimum Gasteiger partial charge on any atom is -0.459 e. The van der Waals surface area contributed by atoms with Crippen molar-refractivity contribution in [3.05, 3.63) is 102 Å². The Kier molecular flexibility index (Phi) is 6.35. The molecule has 5 heteroatoms. The molecule has 1 N–H and O–H groups in total. The molecule has 4 unspecified atom stereocenters. The maximum absolute atomic E-state index is 13.8. The molecule has 190 valence electrons. The van der Waals surface area contributed by atoms with Crippen molar-refractivity contribution in [2.24, 2.45) is 11.8 Å². The lowest BCUT2D eigenvalue weighted by Gasteiger charge is -2.35. The van der Waals surface area contributed by atoms with Gasteiger partial charge in [-0.25, -0.2) is 4.79 Å². The summed E-state index contributed by atoms with van der Waals surface area (Å²) >= 11 is 0. The predicted octanol–water partition coefficient (Wildman–Crippen LogP) is 5.77. The maximum atomic E-state index is 13.8. The lowest BCUT2D eigenvalue weighted by atomic mass is 9.83. The van der Waals surface area contributed by atoms with Gasteiger partial charge < -0.3 is 19.5 Å². The summed E-state index contributed by atoms with van der Waals surface area (Å²) in [6.07, 6.45) is 8.33. The van der Waals surface area contributed by atoms with Gasteiger partial charge in [0.1, 0.15) is 17.6 Å². The van der Waals surface area contributed by atoms with E-state index in [1.807, 2.05) is 30.3 Å². The van der Waals surface area contributed by atoms with Crippen LogP contribution in [0.2, 0.25) is 0 Å². The fraction of sp³-hybridized carbons (Fsp3) is 0.344. The molecule has 1 aliphatic heterocycles. The fourth-order valence-corrected chi connectivity index (χ4v) is 6.55. The van der Waals surface area contributed by atoms with E-state index in [0.717, 1.165) is 32.2 Å². The number of carbonyl (C=O) groups excluding carboxylic acids is 1. The maximum Gasteiger partial charge on any atom is 0.348 e. The van der Waals surface area contributed by atoms with E-state index in [9.17, 15) is 9.90 Å². The van der Waals surface area contributed by atoms with Crippen LogP contribution in [0.15, 0.2) is 84.9 Å². The summed E-state index contributed by atoms with van der Waals surface area (Å²) < 4.78 is 12.2. The molecule has 2 aliphatic carbocycles. The molecule has 2 saturated carbocycles. The average molecular weight is 496 g/mol. The topological polar surface area (TPSA) is 59.0 Å². The first kappa shape index (κ1) is 24.0. The average Bonchev–Trinajstić information content (AvgIpc) is 3.48. The highest BCUT2D eigenvalue weighted by Crippen LogP contribution is 2.51. The van der Waals surface area contributed by atoms with Crippen LogP contribution < -0.4 is 4.74 Å². The lowest BCUT2D eigenvalue weighted by molar-refractivity contribution is -0.171. The van der Waals surface area contributed by atoms with E-state index >= 15 is 0 Å². The van der Waals surface area contributed by atoms with E-state index in [4.69, 9.17) is 9.47 Å². The van der Waals surface area contributed by atoms with Gasteiger partial charge in [-0.2, -0.15) is 0 Å². The van der Waals surface area contributed by atoms with Crippen molar-refractivity contribution in [2.75, 3.05) is 13.6 Å². The van der Waals surface area contributed by atoms with E-state index in [1.165, 1.54) is 5.56 Å². The summed E-state index contributed by atoms with van der Waals surface area (Å²) in [5.74, 6) is 0.972. The number of rotatable bonds is 7. The Morgan fingerprint density at radius 2 is 1.65 bits per heavy atom. The number of aliphatic hydroxyl groups is 1. The molecule has 37 heavy (non-hydrogen) atoms. The van der Waals surface area contributed by atoms with Gasteiger partial charge in [-0.05, 0) is 56.3 Å². The van der Waals surface area contributed by atoms with Gasteiger partial charge in [-0.3, -0.25) is 0 Å². The first-order valence-corrected chi connectivity index (χ1v) is 13.3. The Labute approximate surface area is 218 Å². The van der Waals surface area contributed by atoms with Gasteiger partial charge in [-0.1, -0.05) is 78.9 Å². The number of benzene rings is 3. The van der Waals surface area contributed by atoms with Crippen LogP contribution in [0.3, 0.4) is 0 Å². The molecule has 0 spiro atoms. The molecule has 5 nitrogen and oxygen atoms in total. The molecule has 2 fully saturated rings. The van der Waals surface area contributed by atoms with Gasteiger partial charge in [0.25, 0.3) is 0 Å². The number of esters is 1. The quantitative estimate of drug-likeness (QED) is 0.422. The smallest absolute Gasteiger partial charge is 0.348 e. The first-order chi connectivity index (χ1) is 18.1. The lowest BCUT2D eigenvalue weighted by Crippen LogP contribution is -2.44. The van der Waals surface area contributed by atoms with Crippen LogP contribution in [-0.4, -0.2) is 41.7 Å². The third-order valence-electron chi connectivity index (χ3n) is 8.43. The molecule has 6 rings (SSSR count). The Balaban J connectivity index is 1.16. The molecule has 0 aromatic heterocycles. The fourth-order valence-electron chi connectivity index (χ4n) is 6.55. The molecule has 0 saturated heterocycles. The normalized spacial score (nSPS) is 25.1. The molecule has 0 radical (unpaired) electrons. The van der Waals surface area contributed by atoms with Crippen molar-refractivity contribution >= 4 is 12.0 Å². The third-order valence-corrected chi connectivity index (χ3v) is 8.43. The van der Waals surface area contributed by atoms with Crippen LogP contribution in [0.25, 0.3) is 6.08 Å². The molecule has 0 amide bonds. The molecule has 3 aromatic carbocycles. The summed E-state index contributed by atoms with van der Waals surface area (Å²) in [7, 11) is 2.18. The number of fused-ring (bicyclic) bond motifs is 4. The van der Waals surface area contributed by atoms with E-state index in [1.54, 1.807) is 24.3 Å². The molecular formula is C32H33NO4. The van der Waals surface area contributed by atoms with Gasteiger partial charge in [0, 0.05) is 29.6 Å². The van der Waals surface area contributed by atoms with Crippen molar-refractivity contribution in [1.82, 2.24) is 4.90 Å². The monoisotopic (exact) mass is 495 g/mol. The summed E-state index contributed by atoms with van der Waals surface area (Å²) in [6.45, 7) is 0.958. The largest absolute Gasteiger partial charge is 0.459 e. The SMILES string of the molecule is CN(CC/C=C/c1ccccc1)C1CC2CCC1C2OC(=O)C1(O)c2ccccc2Oc2ccccc21. The van der Waals surface area contributed by atoms with Crippen LogP contribution in [0.4, 0.5) is 0 Å². The van der Waals surface area contributed by atoms with Crippen molar-refractivity contribution < 1.29 is 19.4 Å². The van der Waals surface area contributed by atoms with Crippen molar-refractivity contribution in [3.63, 3.8) is 0 Å². The summed E-state index contributed by atoms with van der Waals surface area (Å²) in [6, 6.07) is 25.1. The van der Waals surface area contributed by atoms with Crippen molar-refractivity contribution in [1.29, 1.82) is 0 Å². The second-order valence-corrected chi connectivity index (χ2v) is 10.6. The van der Waals surface area contributed by atoms with Crippen molar-refractivity contribution in [3.8, 4) is 11.5 Å². The highest BCUT2D eigenvalue weighted by atomic mass is 16.6. The van der Waals surface area contributed by atoms with E-state index < -0.39 is 11.6 Å². The first-order valence-electron chi connectivity index (χ1n) is 13.3. The zero-order valence-corrected chi connectivity index (χ0v) is 21.1. The van der Waals surface area contributed by atoms with Gasteiger partial charge in [0.05, 0.1) is 0 Å². The number of nitrogens with zero attached hydrogens (tertiary/aromatic N) is 1. The van der Waals surface area contributed by atoms with Gasteiger partial charge in [0.2, 0.25) is 5.60 Å². The molecule has 3 aromatic rings. The Hall–Kier alpha value is -3.41. The summed E-state index contributed by atoms with van der Waals surface area (Å²) in [5, 5.41) is 11.9. The van der Waals surface area contributed by atoms with E-state index in [-0.39, 0.29) is 12.0 Å². The van der Waals surface area contributed by atoms with Gasteiger partial charge in [0.15, 0.2) is 0 Å². The standard InChI is InChI=1S/C32H33NO4/c1-33(20-10-9-13-22-11-3-2-4-12-22)27-21-23-18-19-24(27)30(23)37-31(34)32(35)25-14-5-7-16-28(25)36-29-17-8-6-15-26(29)32/h2-9,11-17,23-24,27,30,35H,10,18-21H2,1H3/b13-9+. The Morgan fingerprint density at radius 1 is 1.00 bits per heavy atom. The van der Waals surface area contributed by atoms with E-state index in [2.05, 4.69) is 48.4 Å². The van der Waals surface area contributed by atoms with E-state index in [0.29, 0.717) is 34.6 Å². The molecule has 3 aliphatic rings. The number of carbonyl (C=O) groups is 1. The Morgan fingerprint density at radius 3 is 2.35 bits per heavy atom. The molecular weight excluding hydrogens is 462 g/mol. The highest BCUT2D eigenvalue weighted by Gasteiger charge is 2.55. The number of ether oxygens (including phenoxy) is 2. The zero-order valence-electron chi connectivity index (χ0n) is 21.1. The predicted molar refractivity (Wildman–Crippen MR) is 143 cm³/mol. The summed E-state index contributed by atoms with van der Waals surface area (Å²) in [5.41, 5.74) is 0.189. The number of hydrogen-bond acceptors (Lipinski definition) is 5.